The van der Waals surface area contributed by atoms with Crippen LogP contribution in [0.1, 0.15) is 42.2 Å². The van der Waals surface area contributed by atoms with Crippen LogP contribution < -0.4 is 10.6 Å². The van der Waals surface area contributed by atoms with Crippen LogP contribution in [0, 0.1) is 5.92 Å². The Morgan fingerprint density at radius 3 is 2.61 bits per heavy atom. The second-order valence-electron chi connectivity index (χ2n) is 6.16. The van der Waals surface area contributed by atoms with Crippen LogP contribution in [0.2, 0.25) is 0 Å². The molecule has 0 bridgehead atoms. The van der Waals surface area contributed by atoms with Gasteiger partial charge in [0.15, 0.2) is 0 Å². The van der Waals surface area contributed by atoms with E-state index in [1.165, 1.54) is 36.1 Å². The van der Waals surface area contributed by atoms with Gasteiger partial charge < -0.3 is 10.6 Å². The van der Waals surface area contributed by atoms with Gasteiger partial charge in [-0.15, -0.1) is 11.3 Å². The van der Waals surface area contributed by atoms with Crippen molar-refractivity contribution in [3.63, 3.8) is 0 Å². The zero-order valence-corrected chi connectivity index (χ0v) is 14.1. The highest BCUT2D eigenvalue weighted by molar-refractivity contribution is 7.09. The van der Waals surface area contributed by atoms with Gasteiger partial charge in [-0.2, -0.15) is 0 Å². The lowest BCUT2D eigenvalue weighted by Gasteiger charge is -2.25. The van der Waals surface area contributed by atoms with Crippen molar-refractivity contribution in [3.05, 3.63) is 58.3 Å². The number of hydrogen-bond acceptors (Lipinski definition) is 2. The molecule has 1 saturated carbocycles. The number of hydrogen-bond donors (Lipinski definition) is 2. The van der Waals surface area contributed by atoms with Crippen LogP contribution in [-0.4, -0.2) is 12.6 Å². The van der Waals surface area contributed by atoms with Crippen LogP contribution in [0.4, 0.5) is 4.79 Å². The first-order valence-electron chi connectivity index (χ1n) is 8.44. The molecule has 0 spiro atoms. The predicted molar refractivity (Wildman–Crippen MR) is 95.7 cm³/mol. The summed E-state index contributed by atoms with van der Waals surface area (Å²) in [6.45, 7) is 0.679. The Kier molecular flexibility index (Phi) is 5.70. The van der Waals surface area contributed by atoms with Gasteiger partial charge in [0.1, 0.15) is 0 Å². The van der Waals surface area contributed by atoms with Crippen LogP contribution in [0.5, 0.6) is 0 Å². The molecule has 1 fully saturated rings. The molecule has 3 nitrogen and oxygen atoms in total. The van der Waals surface area contributed by atoms with Crippen molar-refractivity contribution in [2.75, 3.05) is 6.54 Å². The SMILES string of the molecule is O=C(NCCc1cccs1)NC(c1ccccc1)C1CCCC1. The van der Waals surface area contributed by atoms with E-state index in [9.17, 15) is 4.79 Å². The normalized spacial score (nSPS) is 16.2. The minimum atomic E-state index is -0.0534. The van der Waals surface area contributed by atoms with Gasteiger partial charge in [-0.1, -0.05) is 49.2 Å². The maximum atomic E-state index is 12.3. The lowest BCUT2D eigenvalue weighted by atomic mass is 9.92. The Labute approximate surface area is 142 Å². The van der Waals surface area contributed by atoms with E-state index in [0.717, 1.165) is 6.42 Å². The smallest absolute Gasteiger partial charge is 0.315 e. The number of amides is 2. The van der Waals surface area contributed by atoms with Gasteiger partial charge in [0.2, 0.25) is 0 Å². The monoisotopic (exact) mass is 328 g/mol. The van der Waals surface area contributed by atoms with E-state index in [1.807, 2.05) is 24.3 Å². The van der Waals surface area contributed by atoms with Gasteiger partial charge in [-0.25, -0.2) is 4.79 Å². The minimum Gasteiger partial charge on any atom is -0.338 e. The van der Waals surface area contributed by atoms with Crippen LogP contribution >= 0.6 is 11.3 Å². The number of rotatable bonds is 6. The fourth-order valence-electron chi connectivity index (χ4n) is 3.37. The molecule has 122 valence electrons. The molecule has 1 aromatic heterocycles. The molecule has 1 heterocycles. The van der Waals surface area contributed by atoms with Crippen LogP contribution in [-0.2, 0) is 6.42 Å². The third-order valence-electron chi connectivity index (χ3n) is 4.55. The van der Waals surface area contributed by atoms with E-state index in [0.29, 0.717) is 12.5 Å². The van der Waals surface area contributed by atoms with Gasteiger partial charge in [-0.05, 0) is 42.2 Å². The molecule has 1 aromatic carbocycles. The summed E-state index contributed by atoms with van der Waals surface area (Å²) in [5, 5.41) is 8.28. The zero-order chi connectivity index (χ0) is 15.9. The average Bonchev–Trinajstić information content (AvgIpc) is 3.27. The van der Waals surface area contributed by atoms with Crippen molar-refractivity contribution in [1.82, 2.24) is 10.6 Å². The molecule has 4 heteroatoms. The fraction of sp³-hybridized carbons (Fsp3) is 0.421. The number of carbonyl (C=O) groups is 1. The van der Waals surface area contributed by atoms with E-state index < -0.39 is 0 Å². The summed E-state index contributed by atoms with van der Waals surface area (Å²) in [5.41, 5.74) is 1.22. The van der Waals surface area contributed by atoms with Crippen LogP contribution in [0.15, 0.2) is 47.8 Å². The topological polar surface area (TPSA) is 41.1 Å². The van der Waals surface area contributed by atoms with E-state index in [-0.39, 0.29) is 12.1 Å². The summed E-state index contributed by atoms with van der Waals surface area (Å²) in [5.74, 6) is 0.556. The zero-order valence-electron chi connectivity index (χ0n) is 13.3. The summed E-state index contributed by atoms with van der Waals surface area (Å²) in [6.07, 6.45) is 5.85. The quantitative estimate of drug-likeness (QED) is 0.804. The molecule has 1 aliphatic rings. The third kappa shape index (κ3) is 4.58. The maximum absolute atomic E-state index is 12.3. The molecule has 0 radical (unpaired) electrons. The Balaban J connectivity index is 1.56. The molecule has 1 unspecified atom stereocenters. The first-order valence-corrected chi connectivity index (χ1v) is 9.32. The van der Waals surface area contributed by atoms with Crippen LogP contribution in [0.3, 0.4) is 0 Å². The van der Waals surface area contributed by atoms with E-state index in [4.69, 9.17) is 0 Å². The van der Waals surface area contributed by atoms with Gasteiger partial charge in [0.25, 0.3) is 0 Å². The van der Waals surface area contributed by atoms with Gasteiger partial charge >= 0.3 is 6.03 Å². The second-order valence-corrected chi connectivity index (χ2v) is 7.19. The number of benzene rings is 1. The highest BCUT2D eigenvalue weighted by Crippen LogP contribution is 2.35. The molecule has 1 atom stereocenters. The molecule has 2 N–H and O–H groups in total. The van der Waals surface area contributed by atoms with Gasteiger partial charge in [-0.3, -0.25) is 0 Å². The van der Waals surface area contributed by atoms with Crippen molar-refractivity contribution < 1.29 is 4.79 Å². The van der Waals surface area contributed by atoms with E-state index in [1.54, 1.807) is 11.3 Å². The Morgan fingerprint density at radius 1 is 1.13 bits per heavy atom. The molecular formula is C19H24N2OS. The van der Waals surface area contributed by atoms with Crippen molar-refractivity contribution in [1.29, 1.82) is 0 Å². The van der Waals surface area contributed by atoms with Crippen molar-refractivity contribution in [2.45, 2.75) is 38.1 Å². The molecule has 2 aromatic rings. The first-order chi connectivity index (χ1) is 11.3. The molecule has 3 rings (SSSR count). The van der Waals surface area contributed by atoms with Crippen molar-refractivity contribution in [3.8, 4) is 0 Å². The lowest BCUT2D eigenvalue weighted by Crippen LogP contribution is -2.41. The fourth-order valence-corrected chi connectivity index (χ4v) is 4.08. The maximum Gasteiger partial charge on any atom is 0.315 e. The highest BCUT2D eigenvalue weighted by atomic mass is 32.1. The Morgan fingerprint density at radius 2 is 1.91 bits per heavy atom. The summed E-state index contributed by atoms with van der Waals surface area (Å²) in [4.78, 5) is 13.6. The van der Waals surface area contributed by atoms with Gasteiger partial charge in [0, 0.05) is 11.4 Å². The summed E-state index contributed by atoms with van der Waals surface area (Å²) >= 11 is 1.73. The average molecular weight is 328 g/mol. The highest BCUT2D eigenvalue weighted by Gasteiger charge is 2.27. The Bertz CT molecular complexity index is 591. The predicted octanol–water partition coefficient (Wildman–Crippen LogP) is 4.52. The molecule has 0 saturated heterocycles. The first kappa shape index (κ1) is 16.1. The summed E-state index contributed by atoms with van der Waals surface area (Å²) in [6, 6.07) is 14.6. The largest absolute Gasteiger partial charge is 0.338 e. The number of carbonyl (C=O) groups excluding carboxylic acids is 1. The van der Waals surface area contributed by atoms with E-state index >= 15 is 0 Å². The van der Waals surface area contributed by atoms with Gasteiger partial charge in [0.05, 0.1) is 6.04 Å². The standard InChI is InChI=1S/C19H24N2OS/c22-19(20-13-12-17-11-6-14-23-17)21-18(16-9-4-5-10-16)15-7-2-1-3-8-15/h1-3,6-8,11,14,16,18H,4-5,9-10,12-13H2,(H2,20,21,22). The molecule has 1 aliphatic carbocycles. The number of urea groups is 1. The van der Waals surface area contributed by atoms with Crippen molar-refractivity contribution in [2.24, 2.45) is 5.92 Å². The van der Waals surface area contributed by atoms with E-state index in [2.05, 4.69) is 34.2 Å². The van der Waals surface area contributed by atoms with Crippen LogP contribution in [0.25, 0.3) is 0 Å². The minimum absolute atomic E-state index is 0.0534. The molecule has 23 heavy (non-hydrogen) atoms. The lowest BCUT2D eigenvalue weighted by molar-refractivity contribution is 0.231. The second kappa shape index (κ2) is 8.16. The molecule has 2 amide bonds. The number of nitrogens with one attached hydrogen (secondary N) is 2. The third-order valence-corrected chi connectivity index (χ3v) is 5.49. The molecular weight excluding hydrogens is 304 g/mol. The number of thiophene rings is 1. The molecule has 0 aliphatic heterocycles. The summed E-state index contributed by atoms with van der Waals surface area (Å²) < 4.78 is 0. The summed E-state index contributed by atoms with van der Waals surface area (Å²) in [7, 11) is 0. The van der Waals surface area contributed by atoms with Crippen molar-refractivity contribution >= 4 is 17.4 Å². The Hall–Kier alpha value is -1.81.